The van der Waals surface area contributed by atoms with E-state index in [0.717, 1.165) is 11.3 Å². The monoisotopic (exact) mass is 382 g/mol. The molecular weight excluding hydrogens is 368 g/mol. The third-order valence-electron chi connectivity index (χ3n) is 4.28. The van der Waals surface area contributed by atoms with Gasteiger partial charge in [-0.05, 0) is 32.0 Å². The van der Waals surface area contributed by atoms with Crippen LogP contribution in [0.3, 0.4) is 0 Å². The summed E-state index contributed by atoms with van der Waals surface area (Å²) in [6, 6.07) is 10.4. The number of aryl methyl sites for hydroxylation is 2. The fraction of sp³-hybridized carbons (Fsp3) is 0.158. The standard InChI is InChI=1S/C19H15ClN4O3/c1-11-15(12(2)26-22-11)10-24-9-13(7-8-17(24)25)19-21-18(23-27-19)14-5-3-4-6-16(14)20/h3-9H,10H2,1-2H3. The van der Waals surface area contributed by atoms with Crippen LogP contribution >= 0.6 is 11.6 Å². The largest absolute Gasteiger partial charge is 0.361 e. The summed E-state index contributed by atoms with van der Waals surface area (Å²) in [5, 5.41) is 8.46. The Bertz CT molecular complexity index is 1160. The van der Waals surface area contributed by atoms with Crippen molar-refractivity contribution in [1.82, 2.24) is 19.9 Å². The van der Waals surface area contributed by atoms with Gasteiger partial charge in [-0.15, -0.1) is 0 Å². The minimum absolute atomic E-state index is 0.149. The summed E-state index contributed by atoms with van der Waals surface area (Å²) in [6.07, 6.45) is 1.68. The highest BCUT2D eigenvalue weighted by Gasteiger charge is 2.15. The molecule has 0 aliphatic heterocycles. The number of benzene rings is 1. The van der Waals surface area contributed by atoms with Gasteiger partial charge >= 0.3 is 0 Å². The molecule has 0 fully saturated rings. The Morgan fingerprint density at radius 3 is 2.63 bits per heavy atom. The lowest BCUT2D eigenvalue weighted by molar-refractivity contribution is 0.392. The van der Waals surface area contributed by atoms with Crippen molar-refractivity contribution in [1.29, 1.82) is 0 Å². The van der Waals surface area contributed by atoms with Crippen LogP contribution in [0, 0.1) is 13.8 Å². The van der Waals surface area contributed by atoms with Crippen LogP contribution in [0.25, 0.3) is 22.8 Å². The van der Waals surface area contributed by atoms with E-state index in [1.807, 2.05) is 32.0 Å². The molecule has 0 aliphatic rings. The molecule has 4 rings (SSSR count). The second-order valence-electron chi connectivity index (χ2n) is 6.09. The van der Waals surface area contributed by atoms with E-state index in [1.165, 1.54) is 6.07 Å². The summed E-state index contributed by atoms with van der Waals surface area (Å²) in [7, 11) is 0. The molecule has 0 aliphatic carbocycles. The van der Waals surface area contributed by atoms with Gasteiger partial charge in [0, 0.05) is 23.4 Å². The van der Waals surface area contributed by atoms with Gasteiger partial charge in [-0.1, -0.05) is 34.0 Å². The van der Waals surface area contributed by atoms with Crippen molar-refractivity contribution in [3.05, 3.63) is 75.0 Å². The molecule has 0 spiro atoms. The molecular formula is C19H15ClN4O3. The van der Waals surface area contributed by atoms with Gasteiger partial charge in [0.1, 0.15) is 5.76 Å². The first-order chi connectivity index (χ1) is 13.0. The molecule has 4 aromatic rings. The Hall–Kier alpha value is -3.19. The summed E-state index contributed by atoms with van der Waals surface area (Å²) in [4.78, 5) is 16.7. The Morgan fingerprint density at radius 2 is 1.89 bits per heavy atom. The van der Waals surface area contributed by atoms with Gasteiger partial charge < -0.3 is 13.6 Å². The lowest BCUT2D eigenvalue weighted by atomic mass is 10.2. The molecule has 3 aromatic heterocycles. The maximum Gasteiger partial charge on any atom is 0.259 e. The minimum atomic E-state index is -0.149. The second-order valence-corrected chi connectivity index (χ2v) is 6.50. The summed E-state index contributed by atoms with van der Waals surface area (Å²) in [5.41, 5.74) is 2.79. The zero-order valence-electron chi connectivity index (χ0n) is 14.6. The molecule has 136 valence electrons. The van der Waals surface area contributed by atoms with Gasteiger partial charge in [-0.2, -0.15) is 4.98 Å². The number of aromatic nitrogens is 4. The first kappa shape index (κ1) is 17.2. The molecule has 1 aromatic carbocycles. The molecule has 0 saturated carbocycles. The average molecular weight is 383 g/mol. The topological polar surface area (TPSA) is 86.9 Å². The van der Waals surface area contributed by atoms with E-state index in [9.17, 15) is 4.79 Å². The summed E-state index contributed by atoms with van der Waals surface area (Å²) >= 11 is 6.19. The number of rotatable bonds is 4. The zero-order chi connectivity index (χ0) is 19.0. The van der Waals surface area contributed by atoms with Crippen LogP contribution in [-0.4, -0.2) is 19.9 Å². The highest BCUT2D eigenvalue weighted by molar-refractivity contribution is 6.33. The molecule has 0 saturated heterocycles. The van der Waals surface area contributed by atoms with Crippen molar-refractivity contribution in [3.8, 4) is 22.8 Å². The van der Waals surface area contributed by atoms with Crippen molar-refractivity contribution >= 4 is 11.6 Å². The smallest absolute Gasteiger partial charge is 0.259 e. The maximum absolute atomic E-state index is 12.3. The third kappa shape index (κ3) is 3.29. The maximum atomic E-state index is 12.3. The van der Waals surface area contributed by atoms with Crippen molar-refractivity contribution in [2.75, 3.05) is 0 Å². The van der Waals surface area contributed by atoms with Gasteiger partial charge in [-0.3, -0.25) is 4.79 Å². The summed E-state index contributed by atoms with van der Waals surface area (Å²) in [5.74, 6) is 1.38. The molecule has 0 unspecified atom stereocenters. The molecule has 8 heteroatoms. The number of hydrogen-bond donors (Lipinski definition) is 0. The Labute approximate surface area is 159 Å². The van der Waals surface area contributed by atoms with E-state index in [1.54, 1.807) is 22.9 Å². The first-order valence-electron chi connectivity index (χ1n) is 8.24. The summed E-state index contributed by atoms with van der Waals surface area (Å²) in [6.45, 7) is 4.01. The van der Waals surface area contributed by atoms with Crippen LogP contribution < -0.4 is 5.56 Å². The first-order valence-corrected chi connectivity index (χ1v) is 8.62. The van der Waals surface area contributed by atoms with Crippen LogP contribution in [0.4, 0.5) is 0 Å². The average Bonchev–Trinajstić information content (AvgIpc) is 3.26. The van der Waals surface area contributed by atoms with Crippen LogP contribution in [0.2, 0.25) is 5.02 Å². The van der Waals surface area contributed by atoms with Crippen molar-refractivity contribution in [2.24, 2.45) is 0 Å². The summed E-state index contributed by atoms with van der Waals surface area (Å²) < 4.78 is 12.1. The van der Waals surface area contributed by atoms with Crippen LogP contribution in [-0.2, 0) is 6.54 Å². The molecule has 0 radical (unpaired) electrons. The number of halogens is 1. The van der Waals surface area contributed by atoms with E-state index < -0.39 is 0 Å². The Balaban J connectivity index is 1.70. The van der Waals surface area contributed by atoms with E-state index in [-0.39, 0.29) is 5.56 Å². The predicted octanol–water partition coefficient (Wildman–Crippen LogP) is 3.87. The van der Waals surface area contributed by atoms with Crippen molar-refractivity contribution in [3.63, 3.8) is 0 Å². The quantitative estimate of drug-likeness (QED) is 0.532. The normalized spacial score (nSPS) is 11.1. The van der Waals surface area contributed by atoms with Crippen LogP contribution in [0.15, 0.2) is 56.4 Å². The van der Waals surface area contributed by atoms with E-state index >= 15 is 0 Å². The molecule has 0 atom stereocenters. The second kappa shape index (κ2) is 6.85. The van der Waals surface area contributed by atoms with Gasteiger partial charge in [0.05, 0.1) is 22.8 Å². The molecule has 3 heterocycles. The van der Waals surface area contributed by atoms with E-state index in [4.69, 9.17) is 20.6 Å². The predicted molar refractivity (Wildman–Crippen MR) is 99.5 cm³/mol. The third-order valence-corrected chi connectivity index (χ3v) is 4.61. The fourth-order valence-electron chi connectivity index (χ4n) is 2.77. The SMILES string of the molecule is Cc1noc(C)c1Cn1cc(-c2nc(-c3ccccc3Cl)no2)ccc1=O. The van der Waals surface area contributed by atoms with Crippen LogP contribution in [0.5, 0.6) is 0 Å². The van der Waals surface area contributed by atoms with E-state index in [2.05, 4.69) is 15.3 Å². The Morgan fingerprint density at radius 1 is 1.07 bits per heavy atom. The fourth-order valence-corrected chi connectivity index (χ4v) is 2.99. The zero-order valence-corrected chi connectivity index (χ0v) is 15.4. The molecule has 27 heavy (non-hydrogen) atoms. The lowest BCUT2D eigenvalue weighted by Gasteiger charge is -2.06. The highest BCUT2D eigenvalue weighted by Crippen LogP contribution is 2.27. The number of hydrogen-bond acceptors (Lipinski definition) is 6. The van der Waals surface area contributed by atoms with Gasteiger partial charge in [0.2, 0.25) is 5.82 Å². The lowest BCUT2D eigenvalue weighted by Crippen LogP contribution is -2.19. The van der Waals surface area contributed by atoms with Crippen molar-refractivity contribution in [2.45, 2.75) is 20.4 Å². The van der Waals surface area contributed by atoms with Gasteiger partial charge in [0.25, 0.3) is 11.4 Å². The number of nitrogens with zero attached hydrogens (tertiary/aromatic N) is 4. The Kier molecular flexibility index (Phi) is 4.37. The van der Waals surface area contributed by atoms with E-state index in [0.29, 0.717) is 40.2 Å². The van der Waals surface area contributed by atoms with Crippen LogP contribution in [0.1, 0.15) is 17.0 Å². The van der Waals surface area contributed by atoms with Crippen molar-refractivity contribution < 1.29 is 9.05 Å². The van der Waals surface area contributed by atoms with Gasteiger partial charge in [0.15, 0.2) is 0 Å². The molecule has 7 nitrogen and oxygen atoms in total. The molecule has 0 amide bonds. The number of pyridine rings is 1. The molecule has 0 N–H and O–H groups in total. The molecule has 0 bridgehead atoms. The minimum Gasteiger partial charge on any atom is -0.361 e. The van der Waals surface area contributed by atoms with Gasteiger partial charge in [-0.25, -0.2) is 0 Å². The highest BCUT2D eigenvalue weighted by atomic mass is 35.5.